The van der Waals surface area contributed by atoms with Gasteiger partial charge >= 0.3 is 0 Å². The number of thiophene rings is 1. The Morgan fingerprint density at radius 1 is 1.53 bits per heavy atom. The molecule has 0 saturated heterocycles. The number of unbranched alkanes of at least 4 members (excludes halogenated alkanes) is 1. The third-order valence-corrected chi connectivity index (χ3v) is 4.73. The second kappa shape index (κ2) is 7.88. The summed E-state index contributed by atoms with van der Waals surface area (Å²) >= 11 is 1.65. The van der Waals surface area contributed by atoms with E-state index < -0.39 is 0 Å². The van der Waals surface area contributed by atoms with E-state index in [1.165, 1.54) is 16.9 Å². The van der Waals surface area contributed by atoms with Gasteiger partial charge in [-0.05, 0) is 37.3 Å². The van der Waals surface area contributed by atoms with Crippen LogP contribution in [0, 0.1) is 0 Å². The number of nitrogens with two attached hydrogens (primary N) is 1. The molecule has 19 heavy (non-hydrogen) atoms. The topological polar surface area (TPSA) is 55.1 Å². The van der Waals surface area contributed by atoms with Crippen LogP contribution in [0.25, 0.3) is 0 Å². The number of amides is 1. The first-order valence-corrected chi connectivity index (χ1v) is 7.68. The molecule has 3 N–H and O–H groups in total. The number of hydrogen-bond donors (Lipinski definition) is 2. The number of halogens is 1. The summed E-state index contributed by atoms with van der Waals surface area (Å²) in [5.74, 6) is 0.0564. The minimum Gasteiger partial charge on any atom is -0.347 e. The third-order valence-electron chi connectivity index (χ3n) is 3.50. The van der Waals surface area contributed by atoms with Crippen LogP contribution in [0.1, 0.15) is 52.7 Å². The molecule has 1 amide bonds. The van der Waals surface area contributed by atoms with Crippen molar-refractivity contribution < 1.29 is 4.79 Å². The number of carbonyl (C=O) groups is 1. The Morgan fingerprint density at radius 3 is 2.95 bits per heavy atom. The highest BCUT2D eigenvalue weighted by atomic mass is 35.5. The monoisotopic (exact) mass is 302 g/mol. The molecular weight excluding hydrogens is 280 g/mol. The standard InChI is InChI=1S/C14H22N2OS.ClH/c1-2-3-6-11(9-15)16-14(17)13-8-10-5-4-7-12(10)18-13;/h8,11H,2-7,9,15H2,1H3,(H,16,17);1H. The number of carbonyl (C=O) groups excluding carboxylic acids is 1. The SMILES string of the molecule is CCCCC(CN)NC(=O)c1cc2c(s1)CCC2.Cl. The van der Waals surface area contributed by atoms with Crippen molar-refractivity contribution in [3.8, 4) is 0 Å². The Balaban J connectivity index is 0.00000180. The van der Waals surface area contributed by atoms with E-state index >= 15 is 0 Å². The summed E-state index contributed by atoms with van der Waals surface area (Å²) in [5, 5.41) is 3.05. The zero-order chi connectivity index (χ0) is 13.0. The van der Waals surface area contributed by atoms with Crippen LogP contribution in [0.5, 0.6) is 0 Å². The van der Waals surface area contributed by atoms with E-state index in [0.717, 1.165) is 37.0 Å². The molecule has 1 aromatic rings. The Labute approximate surface area is 125 Å². The molecule has 1 aromatic heterocycles. The van der Waals surface area contributed by atoms with Gasteiger partial charge in [-0.2, -0.15) is 0 Å². The summed E-state index contributed by atoms with van der Waals surface area (Å²) in [6.45, 7) is 2.68. The van der Waals surface area contributed by atoms with Gasteiger partial charge in [-0.1, -0.05) is 19.8 Å². The number of hydrogen-bond acceptors (Lipinski definition) is 3. The van der Waals surface area contributed by atoms with Crippen molar-refractivity contribution >= 4 is 29.7 Å². The fraction of sp³-hybridized carbons (Fsp3) is 0.643. The van der Waals surface area contributed by atoms with E-state index in [-0.39, 0.29) is 24.4 Å². The summed E-state index contributed by atoms with van der Waals surface area (Å²) in [6, 6.07) is 2.19. The minimum absolute atomic E-state index is 0. The zero-order valence-corrected chi connectivity index (χ0v) is 13.0. The number of fused-ring (bicyclic) bond motifs is 1. The molecule has 0 spiro atoms. The predicted octanol–water partition coefficient (Wildman–Crippen LogP) is 2.91. The number of rotatable bonds is 6. The molecule has 3 nitrogen and oxygen atoms in total. The molecule has 1 heterocycles. The van der Waals surface area contributed by atoms with Crippen LogP contribution >= 0.6 is 23.7 Å². The van der Waals surface area contributed by atoms with Gasteiger partial charge in [-0.15, -0.1) is 23.7 Å². The van der Waals surface area contributed by atoms with Crippen molar-refractivity contribution in [1.82, 2.24) is 5.32 Å². The van der Waals surface area contributed by atoms with E-state index in [4.69, 9.17) is 5.73 Å². The Hall–Kier alpha value is -0.580. The summed E-state index contributed by atoms with van der Waals surface area (Å²) in [4.78, 5) is 14.4. The Bertz CT molecular complexity index is 398. The highest BCUT2D eigenvalue weighted by molar-refractivity contribution is 7.14. The average Bonchev–Trinajstić information content (AvgIpc) is 2.94. The van der Waals surface area contributed by atoms with Gasteiger partial charge in [0.1, 0.15) is 0 Å². The molecule has 1 aliphatic rings. The largest absolute Gasteiger partial charge is 0.347 e. The fourth-order valence-electron chi connectivity index (χ4n) is 2.40. The lowest BCUT2D eigenvalue weighted by atomic mass is 10.1. The van der Waals surface area contributed by atoms with Crippen LogP contribution < -0.4 is 11.1 Å². The molecular formula is C14H23ClN2OS. The van der Waals surface area contributed by atoms with Crippen LogP contribution in [-0.4, -0.2) is 18.5 Å². The quantitative estimate of drug-likeness (QED) is 0.849. The molecule has 1 aliphatic carbocycles. The van der Waals surface area contributed by atoms with E-state index in [1.807, 2.05) is 0 Å². The summed E-state index contributed by atoms with van der Waals surface area (Å²) < 4.78 is 0. The maximum absolute atomic E-state index is 12.1. The summed E-state index contributed by atoms with van der Waals surface area (Å²) in [6.07, 6.45) is 6.75. The van der Waals surface area contributed by atoms with E-state index in [0.29, 0.717) is 6.54 Å². The third kappa shape index (κ3) is 4.20. The van der Waals surface area contributed by atoms with Crippen molar-refractivity contribution in [2.45, 2.75) is 51.5 Å². The summed E-state index contributed by atoms with van der Waals surface area (Å²) in [5.41, 5.74) is 7.08. The average molecular weight is 303 g/mol. The minimum atomic E-state index is 0. The molecule has 0 aliphatic heterocycles. The predicted molar refractivity (Wildman–Crippen MR) is 83.4 cm³/mol. The van der Waals surface area contributed by atoms with Gasteiger partial charge in [0.2, 0.25) is 0 Å². The Morgan fingerprint density at radius 2 is 2.32 bits per heavy atom. The van der Waals surface area contributed by atoms with Crippen molar-refractivity contribution in [2.75, 3.05) is 6.54 Å². The van der Waals surface area contributed by atoms with Gasteiger partial charge < -0.3 is 11.1 Å². The van der Waals surface area contributed by atoms with Crippen LogP contribution in [0.4, 0.5) is 0 Å². The first-order valence-electron chi connectivity index (χ1n) is 6.87. The lowest BCUT2D eigenvalue weighted by Gasteiger charge is -2.15. The van der Waals surface area contributed by atoms with Crippen molar-refractivity contribution in [3.05, 3.63) is 21.4 Å². The zero-order valence-electron chi connectivity index (χ0n) is 11.4. The summed E-state index contributed by atoms with van der Waals surface area (Å²) in [7, 11) is 0. The van der Waals surface area contributed by atoms with Crippen LogP contribution in [0.3, 0.4) is 0 Å². The van der Waals surface area contributed by atoms with Crippen molar-refractivity contribution in [2.24, 2.45) is 5.73 Å². The highest BCUT2D eigenvalue weighted by Crippen LogP contribution is 2.30. The smallest absolute Gasteiger partial charge is 0.261 e. The van der Waals surface area contributed by atoms with Crippen molar-refractivity contribution in [1.29, 1.82) is 0 Å². The first-order chi connectivity index (χ1) is 8.74. The molecule has 0 aromatic carbocycles. The van der Waals surface area contributed by atoms with Crippen LogP contribution in [-0.2, 0) is 12.8 Å². The second-order valence-corrected chi connectivity index (χ2v) is 6.10. The van der Waals surface area contributed by atoms with Gasteiger partial charge in [0.15, 0.2) is 0 Å². The molecule has 0 radical (unpaired) electrons. The second-order valence-electron chi connectivity index (χ2n) is 4.96. The molecule has 1 atom stereocenters. The van der Waals surface area contributed by atoms with E-state index in [2.05, 4.69) is 18.3 Å². The van der Waals surface area contributed by atoms with Gasteiger partial charge in [0, 0.05) is 17.5 Å². The number of aryl methyl sites for hydroxylation is 2. The lowest BCUT2D eigenvalue weighted by Crippen LogP contribution is -2.39. The van der Waals surface area contributed by atoms with Gasteiger partial charge in [0.25, 0.3) is 5.91 Å². The lowest BCUT2D eigenvalue weighted by molar-refractivity contribution is 0.0940. The Kier molecular flexibility index (Phi) is 6.83. The number of nitrogens with one attached hydrogen (secondary N) is 1. The fourth-order valence-corrected chi connectivity index (χ4v) is 3.55. The molecule has 5 heteroatoms. The van der Waals surface area contributed by atoms with E-state index in [1.54, 1.807) is 11.3 Å². The van der Waals surface area contributed by atoms with Crippen molar-refractivity contribution in [3.63, 3.8) is 0 Å². The maximum Gasteiger partial charge on any atom is 0.261 e. The van der Waals surface area contributed by atoms with Crippen LogP contribution in [0.2, 0.25) is 0 Å². The molecule has 0 fully saturated rings. The maximum atomic E-state index is 12.1. The normalized spacial score (nSPS) is 14.6. The molecule has 0 saturated carbocycles. The first kappa shape index (κ1) is 16.5. The van der Waals surface area contributed by atoms with Gasteiger partial charge in [-0.3, -0.25) is 4.79 Å². The molecule has 2 rings (SSSR count). The van der Waals surface area contributed by atoms with E-state index in [9.17, 15) is 4.79 Å². The highest BCUT2D eigenvalue weighted by Gasteiger charge is 2.19. The van der Waals surface area contributed by atoms with Crippen LogP contribution in [0.15, 0.2) is 6.07 Å². The molecule has 0 bridgehead atoms. The molecule has 108 valence electrons. The molecule has 1 unspecified atom stereocenters. The van der Waals surface area contributed by atoms with Gasteiger partial charge in [-0.25, -0.2) is 0 Å². The van der Waals surface area contributed by atoms with Gasteiger partial charge in [0.05, 0.1) is 4.88 Å².